The Kier molecular flexibility index (Phi) is 3.15. The van der Waals surface area contributed by atoms with Crippen LogP contribution in [0.4, 0.5) is 5.82 Å². The molecule has 0 amide bonds. The number of nitrogens with one attached hydrogen (secondary N) is 1. The predicted molar refractivity (Wildman–Crippen MR) is 62.1 cm³/mol. The largest absolute Gasteiger partial charge is 0.475 e. The van der Waals surface area contributed by atoms with E-state index in [1.54, 1.807) is 18.2 Å². The summed E-state index contributed by atoms with van der Waals surface area (Å²) in [6.07, 6.45) is 0. The predicted octanol–water partition coefficient (Wildman–Crippen LogP) is 0.732. The highest BCUT2D eigenvalue weighted by Crippen LogP contribution is 2.19. The van der Waals surface area contributed by atoms with Crippen LogP contribution in [0, 0.1) is 0 Å². The molecule has 17 heavy (non-hydrogen) atoms. The average molecular weight is 233 g/mol. The fraction of sp³-hybridized carbons (Fsp3) is 0.182. The van der Waals surface area contributed by atoms with Crippen molar-refractivity contribution in [3.63, 3.8) is 0 Å². The number of rotatable bonds is 4. The van der Waals surface area contributed by atoms with Gasteiger partial charge in [0, 0.05) is 11.9 Å². The molecule has 0 bridgehead atoms. The summed E-state index contributed by atoms with van der Waals surface area (Å²) < 4.78 is 0. The van der Waals surface area contributed by atoms with Crippen molar-refractivity contribution in [2.45, 2.75) is 0 Å². The third kappa shape index (κ3) is 2.31. The number of benzene rings is 1. The van der Waals surface area contributed by atoms with Gasteiger partial charge in [0.15, 0.2) is 0 Å². The van der Waals surface area contributed by atoms with Gasteiger partial charge in [-0.25, -0.2) is 14.8 Å². The normalized spacial score (nSPS) is 10.4. The lowest BCUT2D eigenvalue weighted by molar-refractivity contribution is 0.0684. The zero-order valence-electron chi connectivity index (χ0n) is 8.92. The summed E-state index contributed by atoms with van der Waals surface area (Å²) in [6.45, 7) is 0.251. The van der Waals surface area contributed by atoms with E-state index in [0.29, 0.717) is 17.9 Å². The maximum Gasteiger partial charge on any atom is 0.374 e. The lowest BCUT2D eigenvalue weighted by Gasteiger charge is -2.07. The van der Waals surface area contributed by atoms with Gasteiger partial charge in [0.05, 0.1) is 12.1 Å². The number of hydrogen-bond donors (Lipinski definition) is 3. The summed E-state index contributed by atoms with van der Waals surface area (Å²) in [5.41, 5.74) is 0.556. The average Bonchev–Trinajstić information content (AvgIpc) is 2.35. The molecule has 0 unspecified atom stereocenters. The Morgan fingerprint density at radius 2 is 2.06 bits per heavy atom. The van der Waals surface area contributed by atoms with Gasteiger partial charge in [-0.3, -0.25) is 0 Å². The molecule has 0 saturated carbocycles. The number of para-hydroxylation sites is 1. The first-order chi connectivity index (χ1) is 8.22. The van der Waals surface area contributed by atoms with Crippen molar-refractivity contribution in [3.8, 4) is 0 Å². The number of anilines is 1. The Morgan fingerprint density at radius 3 is 2.76 bits per heavy atom. The Morgan fingerprint density at radius 1 is 1.29 bits per heavy atom. The maximum absolute atomic E-state index is 10.9. The molecular formula is C11H11N3O3. The van der Waals surface area contributed by atoms with Crippen LogP contribution in [-0.2, 0) is 0 Å². The molecule has 0 fully saturated rings. The molecule has 2 rings (SSSR count). The minimum Gasteiger partial charge on any atom is -0.475 e. The van der Waals surface area contributed by atoms with Crippen LogP contribution in [-0.4, -0.2) is 39.3 Å². The molecule has 3 N–H and O–H groups in total. The Balaban J connectivity index is 2.56. The molecule has 88 valence electrons. The first-order valence-corrected chi connectivity index (χ1v) is 5.07. The monoisotopic (exact) mass is 233 g/mol. The van der Waals surface area contributed by atoms with Gasteiger partial charge in [0.1, 0.15) is 5.82 Å². The number of aliphatic hydroxyl groups is 1. The molecule has 0 atom stereocenters. The highest BCUT2D eigenvalue weighted by molar-refractivity contribution is 5.93. The molecule has 0 aliphatic rings. The van der Waals surface area contributed by atoms with Crippen molar-refractivity contribution < 1.29 is 15.0 Å². The van der Waals surface area contributed by atoms with Gasteiger partial charge in [-0.15, -0.1) is 0 Å². The molecule has 1 heterocycles. The third-order valence-corrected chi connectivity index (χ3v) is 2.20. The first-order valence-electron chi connectivity index (χ1n) is 5.07. The van der Waals surface area contributed by atoms with Crippen LogP contribution in [0.25, 0.3) is 10.9 Å². The van der Waals surface area contributed by atoms with Crippen molar-refractivity contribution in [3.05, 3.63) is 30.1 Å². The summed E-state index contributed by atoms with van der Waals surface area (Å²) in [5.74, 6) is -1.02. The van der Waals surface area contributed by atoms with Crippen LogP contribution in [0.2, 0.25) is 0 Å². The molecule has 1 aromatic heterocycles. The van der Waals surface area contributed by atoms with E-state index in [2.05, 4.69) is 15.3 Å². The number of carboxylic acids is 1. The Labute approximate surface area is 96.9 Å². The van der Waals surface area contributed by atoms with E-state index in [4.69, 9.17) is 10.2 Å². The van der Waals surface area contributed by atoms with Crippen molar-refractivity contribution in [1.82, 2.24) is 9.97 Å². The second kappa shape index (κ2) is 4.75. The summed E-state index contributed by atoms with van der Waals surface area (Å²) >= 11 is 0. The summed E-state index contributed by atoms with van der Waals surface area (Å²) in [6, 6.07) is 7.10. The molecule has 0 aliphatic heterocycles. The fourth-order valence-corrected chi connectivity index (χ4v) is 1.48. The van der Waals surface area contributed by atoms with Gasteiger partial charge in [0.2, 0.25) is 5.82 Å². The van der Waals surface area contributed by atoms with Crippen molar-refractivity contribution in [2.75, 3.05) is 18.5 Å². The van der Waals surface area contributed by atoms with Gasteiger partial charge in [-0.2, -0.15) is 0 Å². The van der Waals surface area contributed by atoms with E-state index in [9.17, 15) is 4.79 Å². The molecule has 0 saturated heterocycles. The molecule has 1 aromatic carbocycles. The quantitative estimate of drug-likeness (QED) is 0.720. The van der Waals surface area contributed by atoms with E-state index in [1.807, 2.05) is 6.07 Å². The summed E-state index contributed by atoms with van der Waals surface area (Å²) in [7, 11) is 0. The van der Waals surface area contributed by atoms with E-state index in [1.165, 1.54) is 0 Å². The summed E-state index contributed by atoms with van der Waals surface area (Å²) in [4.78, 5) is 18.7. The molecule has 6 heteroatoms. The standard InChI is InChI=1S/C11H11N3O3/c15-6-5-12-9-7-3-1-2-4-8(7)13-10(14-9)11(16)17/h1-4,15H,5-6H2,(H,16,17)(H,12,13,14). The highest BCUT2D eigenvalue weighted by Gasteiger charge is 2.11. The minimum atomic E-state index is -1.18. The van der Waals surface area contributed by atoms with Gasteiger partial charge >= 0.3 is 5.97 Å². The van der Waals surface area contributed by atoms with Crippen LogP contribution < -0.4 is 5.32 Å². The number of nitrogens with zero attached hydrogens (tertiary/aromatic N) is 2. The number of hydrogen-bond acceptors (Lipinski definition) is 5. The summed E-state index contributed by atoms with van der Waals surface area (Å²) in [5, 5.41) is 21.2. The third-order valence-electron chi connectivity index (χ3n) is 2.20. The second-order valence-corrected chi connectivity index (χ2v) is 3.37. The van der Waals surface area contributed by atoms with E-state index >= 15 is 0 Å². The lowest BCUT2D eigenvalue weighted by Crippen LogP contribution is -2.11. The number of aromatic carboxylic acids is 1. The number of carbonyl (C=O) groups is 1. The topological polar surface area (TPSA) is 95.3 Å². The molecule has 0 radical (unpaired) electrons. The van der Waals surface area contributed by atoms with Gasteiger partial charge < -0.3 is 15.5 Å². The molecule has 2 aromatic rings. The number of aliphatic hydroxyl groups excluding tert-OH is 1. The van der Waals surface area contributed by atoms with Crippen molar-refractivity contribution >= 4 is 22.7 Å². The first kappa shape index (κ1) is 11.3. The number of fused-ring (bicyclic) bond motifs is 1. The number of carboxylic acid groups (broad SMARTS) is 1. The smallest absolute Gasteiger partial charge is 0.374 e. The van der Waals surface area contributed by atoms with Crippen LogP contribution in [0.1, 0.15) is 10.6 Å². The lowest BCUT2D eigenvalue weighted by atomic mass is 10.2. The molecule has 6 nitrogen and oxygen atoms in total. The van der Waals surface area contributed by atoms with Crippen LogP contribution in [0.15, 0.2) is 24.3 Å². The van der Waals surface area contributed by atoms with Gasteiger partial charge in [0.25, 0.3) is 0 Å². The van der Waals surface area contributed by atoms with Crippen LogP contribution >= 0.6 is 0 Å². The van der Waals surface area contributed by atoms with E-state index in [0.717, 1.165) is 5.39 Å². The SMILES string of the molecule is O=C(O)c1nc(NCCO)c2ccccc2n1. The Hall–Kier alpha value is -2.21. The zero-order valence-corrected chi connectivity index (χ0v) is 8.92. The molecule has 0 spiro atoms. The van der Waals surface area contributed by atoms with Crippen molar-refractivity contribution in [2.24, 2.45) is 0 Å². The van der Waals surface area contributed by atoms with E-state index < -0.39 is 5.97 Å². The zero-order chi connectivity index (χ0) is 12.3. The second-order valence-electron chi connectivity index (χ2n) is 3.37. The highest BCUT2D eigenvalue weighted by atomic mass is 16.4. The molecule has 0 aliphatic carbocycles. The molecular weight excluding hydrogens is 222 g/mol. The van der Waals surface area contributed by atoms with Gasteiger partial charge in [-0.05, 0) is 12.1 Å². The minimum absolute atomic E-state index is 0.0548. The fourth-order valence-electron chi connectivity index (χ4n) is 1.48. The van der Waals surface area contributed by atoms with E-state index in [-0.39, 0.29) is 12.4 Å². The van der Waals surface area contributed by atoms with Crippen LogP contribution in [0.5, 0.6) is 0 Å². The Bertz CT molecular complexity index is 557. The maximum atomic E-state index is 10.9. The number of aromatic nitrogens is 2. The van der Waals surface area contributed by atoms with Crippen LogP contribution in [0.3, 0.4) is 0 Å². The van der Waals surface area contributed by atoms with Gasteiger partial charge in [-0.1, -0.05) is 12.1 Å². The van der Waals surface area contributed by atoms with Crippen molar-refractivity contribution in [1.29, 1.82) is 0 Å².